The number of halogens is 2. The minimum absolute atomic E-state index is 0. The zero-order valence-electron chi connectivity index (χ0n) is 1.57. The third-order valence-electron chi connectivity index (χ3n) is 0. The Morgan fingerprint density at radius 2 is 1.25 bits per heavy atom. The Balaban J connectivity index is 0. The van der Waals surface area contributed by atoms with Crippen LogP contribution in [-0.2, 0) is 12.7 Å². The molecule has 4 heteroatoms. The van der Waals surface area contributed by atoms with Crippen LogP contribution in [-0.4, -0.2) is 0 Å². The molecule has 0 atom stereocenters. The topological polar surface area (TPSA) is 0 Å². The van der Waals surface area contributed by atoms with Crippen molar-refractivity contribution in [1.82, 2.24) is 0 Å². The summed E-state index contributed by atoms with van der Waals surface area (Å²) in [7, 11) is 9.40. The Morgan fingerprint density at radius 3 is 1.25 bits per heavy atom. The summed E-state index contributed by atoms with van der Waals surface area (Å²) >= 11 is 0.569. The molecule has 0 heterocycles. The van der Waals surface area contributed by atoms with Gasteiger partial charge in [-0.05, 0) is 0 Å². The van der Waals surface area contributed by atoms with Crippen LogP contribution in [0.5, 0.6) is 0 Å². The molecule has 28 valence electrons. The first-order chi connectivity index (χ1) is 1.41. The predicted octanol–water partition coefficient (Wildman–Crippen LogP) is 1.38. The van der Waals surface area contributed by atoms with E-state index in [1.165, 1.54) is 0 Å². The van der Waals surface area contributed by atoms with Crippen molar-refractivity contribution < 1.29 is 54.4 Å². The van der Waals surface area contributed by atoms with Crippen molar-refractivity contribution in [3.8, 4) is 0 Å². The molecule has 0 spiro atoms. The van der Waals surface area contributed by atoms with Crippen LogP contribution in [0.25, 0.3) is 0 Å². The molecular weight excluding hydrogens is 270 g/mol. The molecule has 0 bridgehead atoms. The van der Waals surface area contributed by atoms with Gasteiger partial charge in [0.05, 0.1) is 0 Å². The zero-order valence-corrected chi connectivity index (χ0v) is 7.21. The maximum atomic E-state index is 4.70. The van der Waals surface area contributed by atoms with E-state index >= 15 is 0 Å². The molecule has 0 fully saturated rings. The Bertz CT molecular complexity index is 6.00. The van der Waals surface area contributed by atoms with Gasteiger partial charge in [-0.2, -0.15) is 0 Å². The van der Waals surface area contributed by atoms with Crippen LogP contribution in [0.1, 0.15) is 0 Å². The average Bonchev–Trinajstić information content (AvgIpc) is 0.918. The second-order valence-corrected chi connectivity index (χ2v) is 1.68. The van der Waals surface area contributed by atoms with Crippen molar-refractivity contribution in [1.29, 1.82) is 0 Å². The van der Waals surface area contributed by atoms with Crippen molar-refractivity contribution in [2.75, 3.05) is 0 Å². The zero-order chi connectivity index (χ0) is 2.71. The van der Waals surface area contributed by atoms with Crippen LogP contribution < -0.4 is 0 Å². The van der Waals surface area contributed by atoms with E-state index in [1.807, 2.05) is 0 Å². The van der Waals surface area contributed by atoms with Gasteiger partial charge in [-0.1, -0.05) is 0 Å². The molecule has 0 radical (unpaired) electrons. The summed E-state index contributed by atoms with van der Waals surface area (Å²) in [6.07, 6.45) is 0. The summed E-state index contributed by atoms with van der Waals surface area (Å²) in [4.78, 5) is 0. The fraction of sp³-hybridized carbons (Fsp3) is 0. The monoisotopic (exact) mass is 268 g/mol. The maximum absolute atomic E-state index is 4.70. The minimum atomic E-state index is 0. The van der Waals surface area contributed by atoms with Gasteiger partial charge in [-0.25, -0.2) is 0 Å². The van der Waals surface area contributed by atoms with Gasteiger partial charge in [0.2, 0.25) is 0 Å². The average molecular weight is 270 g/mol. The van der Waals surface area contributed by atoms with Gasteiger partial charge in [0.15, 0.2) is 0 Å². The normalized spacial score (nSPS) is 5.50. The molecule has 0 rings (SSSR count). The van der Waals surface area contributed by atoms with Crippen LogP contribution in [0.15, 0.2) is 0 Å². The van der Waals surface area contributed by atoms with Gasteiger partial charge in [-0.3, -0.25) is 0 Å². The summed E-state index contributed by atoms with van der Waals surface area (Å²) < 4.78 is 0. The number of rotatable bonds is 0. The Labute approximate surface area is 73.3 Å². The molecule has 0 aromatic rings. The molecule has 0 amide bonds. The van der Waals surface area contributed by atoms with Crippen LogP contribution in [0.2, 0.25) is 0 Å². The summed E-state index contributed by atoms with van der Waals surface area (Å²) in [6.45, 7) is 0. The van der Waals surface area contributed by atoms with Crippen molar-refractivity contribution in [2.45, 2.75) is 0 Å². The Morgan fingerprint density at radius 1 is 1.25 bits per heavy atom. The van der Waals surface area contributed by atoms with Crippen molar-refractivity contribution in [3.05, 3.63) is 0 Å². The molecule has 0 unspecified atom stereocenters. The molecule has 0 aromatic heterocycles. The molecular formula is CeCl2Ni. The first-order valence-corrected chi connectivity index (χ1v) is 2.96. The van der Waals surface area contributed by atoms with E-state index in [2.05, 4.69) is 0 Å². The molecule has 0 aliphatic rings. The van der Waals surface area contributed by atoms with Gasteiger partial charge < -0.3 is 0 Å². The molecule has 0 aromatic carbocycles. The fourth-order valence-electron chi connectivity index (χ4n) is 0. The summed E-state index contributed by atoms with van der Waals surface area (Å²) in [5.74, 6) is 0. The number of hydrogen-bond acceptors (Lipinski definition) is 0. The molecule has 0 N–H and O–H groups in total. The molecule has 4 heavy (non-hydrogen) atoms. The SMILES string of the molecule is [Ce].[Cl][Ni][Cl]. The Hall–Kier alpha value is 2.45. The summed E-state index contributed by atoms with van der Waals surface area (Å²) in [5, 5.41) is 0. The summed E-state index contributed by atoms with van der Waals surface area (Å²) in [6, 6.07) is 0. The van der Waals surface area contributed by atoms with Gasteiger partial charge in [0.25, 0.3) is 0 Å². The van der Waals surface area contributed by atoms with E-state index in [0.717, 1.165) is 0 Å². The molecule has 0 nitrogen and oxygen atoms in total. The molecule has 0 saturated heterocycles. The van der Waals surface area contributed by atoms with E-state index < -0.39 is 0 Å². The van der Waals surface area contributed by atoms with Gasteiger partial charge in [-0.15, -0.1) is 0 Å². The van der Waals surface area contributed by atoms with E-state index in [-0.39, 0.29) is 41.7 Å². The van der Waals surface area contributed by atoms with E-state index in [1.54, 1.807) is 0 Å². The van der Waals surface area contributed by atoms with Crippen LogP contribution in [0.4, 0.5) is 0 Å². The predicted molar refractivity (Wildman–Crippen MR) is 11.7 cm³/mol. The molecule has 0 saturated carbocycles. The van der Waals surface area contributed by atoms with E-state index in [4.69, 9.17) is 20.4 Å². The summed E-state index contributed by atoms with van der Waals surface area (Å²) in [5.41, 5.74) is 0. The second kappa shape index (κ2) is 9.07. The fourth-order valence-corrected chi connectivity index (χ4v) is 0. The van der Waals surface area contributed by atoms with Crippen LogP contribution in [0, 0.1) is 41.7 Å². The Kier molecular flexibility index (Phi) is 21.9. The van der Waals surface area contributed by atoms with E-state index in [0.29, 0.717) is 12.7 Å². The van der Waals surface area contributed by atoms with Crippen molar-refractivity contribution in [3.63, 3.8) is 0 Å². The van der Waals surface area contributed by atoms with Crippen LogP contribution >= 0.6 is 20.4 Å². The quantitative estimate of drug-likeness (QED) is 0.583. The third kappa shape index (κ3) is 8.82. The van der Waals surface area contributed by atoms with Crippen molar-refractivity contribution in [2.24, 2.45) is 0 Å². The molecule has 0 aliphatic heterocycles. The first-order valence-electron chi connectivity index (χ1n) is 0.239. The van der Waals surface area contributed by atoms with Gasteiger partial charge in [0.1, 0.15) is 0 Å². The third-order valence-corrected chi connectivity index (χ3v) is 0. The van der Waals surface area contributed by atoms with Crippen LogP contribution in [0.3, 0.4) is 0 Å². The number of hydrogen-bond donors (Lipinski definition) is 0. The first kappa shape index (κ1) is 9.67. The molecule has 0 aliphatic carbocycles. The van der Waals surface area contributed by atoms with Gasteiger partial charge in [0, 0.05) is 41.7 Å². The van der Waals surface area contributed by atoms with Crippen molar-refractivity contribution >= 4 is 20.4 Å². The van der Waals surface area contributed by atoms with E-state index in [9.17, 15) is 0 Å². The second-order valence-electron chi connectivity index (χ2n) is 0.0452. The van der Waals surface area contributed by atoms with Gasteiger partial charge >= 0.3 is 33.0 Å². The standard InChI is InChI=1S/Ce.2ClH.Ni/h;2*1H;/q;;;+2/p-2.